The topological polar surface area (TPSA) is 225 Å². The van der Waals surface area contributed by atoms with Crippen LogP contribution >= 0.6 is 0 Å². The van der Waals surface area contributed by atoms with Gasteiger partial charge >= 0.3 is 5.97 Å². The first kappa shape index (κ1) is 33.7. The zero-order chi connectivity index (χ0) is 33.4. The highest BCUT2D eigenvalue weighted by Crippen LogP contribution is 2.21. The smallest absolute Gasteiger partial charge is 0.326 e. The van der Waals surface area contributed by atoms with Crippen molar-refractivity contribution in [3.63, 3.8) is 0 Å². The molecule has 0 radical (unpaired) electrons. The van der Waals surface area contributed by atoms with Crippen molar-refractivity contribution in [2.45, 2.75) is 70.1 Å². The number of amides is 4. The van der Waals surface area contributed by atoms with Gasteiger partial charge in [0.25, 0.3) is 0 Å². The molecule has 10 N–H and O–H groups in total. The van der Waals surface area contributed by atoms with E-state index in [4.69, 9.17) is 11.5 Å². The van der Waals surface area contributed by atoms with E-state index in [0.717, 1.165) is 32.9 Å². The summed E-state index contributed by atoms with van der Waals surface area (Å²) in [5.74, 6) is -4.35. The minimum absolute atomic E-state index is 0.0899. The number of fused-ring (bicyclic) bond motifs is 2. The third-order valence-electron chi connectivity index (χ3n) is 8.27. The maximum atomic E-state index is 13.9. The first-order chi connectivity index (χ1) is 22.0. The van der Waals surface area contributed by atoms with Gasteiger partial charge in [0, 0.05) is 47.0 Å². The minimum atomic E-state index is -1.38. The molecule has 46 heavy (non-hydrogen) atoms. The number of primary amides is 1. The fraction of sp³-hybridized carbons (Fsp3) is 0.364. The normalized spacial score (nSPS) is 14.6. The highest BCUT2D eigenvalue weighted by atomic mass is 16.4. The van der Waals surface area contributed by atoms with Gasteiger partial charge in [0.2, 0.25) is 23.6 Å². The van der Waals surface area contributed by atoms with Crippen molar-refractivity contribution in [2.24, 2.45) is 17.4 Å². The van der Waals surface area contributed by atoms with Gasteiger partial charge in [0.15, 0.2) is 0 Å². The summed E-state index contributed by atoms with van der Waals surface area (Å²) >= 11 is 0. The number of nitrogens with two attached hydrogens (primary N) is 2. The molecule has 2 heterocycles. The lowest BCUT2D eigenvalue weighted by molar-refractivity contribution is -0.143. The SMILES string of the molecule is CCC(C)C(NC(=O)C(Cc1c[nH]c2ccccc12)NC(=O)C(N)Cc1c[nH]c2ccccc12)C(=O)NC(CCC(N)=O)C(=O)O. The lowest BCUT2D eigenvalue weighted by atomic mass is 9.96. The number of carbonyl (C=O) groups is 5. The maximum absolute atomic E-state index is 13.9. The number of nitrogens with one attached hydrogen (secondary N) is 5. The minimum Gasteiger partial charge on any atom is -0.480 e. The predicted octanol–water partition coefficient (Wildman–Crippen LogP) is 1.61. The van der Waals surface area contributed by atoms with Crippen LogP contribution in [0.5, 0.6) is 0 Å². The third kappa shape index (κ3) is 8.30. The zero-order valence-electron chi connectivity index (χ0n) is 25.8. The van der Waals surface area contributed by atoms with E-state index in [1.807, 2.05) is 55.5 Å². The molecule has 5 atom stereocenters. The van der Waals surface area contributed by atoms with Crippen LogP contribution < -0.4 is 27.4 Å². The van der Waals surface area contributed by atoms with E-state index < -0.39 is 59.7 Å². The monoisotopic (exact) mass is 631 g/mol. The first-order valence-electron chi connectivity index (χ1n) is 15.3. The Kier molecular flexibility index (Phi) is 11.2. The maximum Gasteiger partial charge on any atom is 0.326 e. The average Bonchev–Trinajstić information content (AvgIpc) is 3.64. The third-order valence-corrected chi connectivity index (χ3v) is 8.27. The molecule has 13 heteroatoms. The van der Waals surface area contributed by atoms with E-state index >= 15 is 0 Å². The molecule has 0 saturated carbocycles. The molecule has 5 unspecified atom stereocenters. The van der Waals surface area contributed by atoms with Crippen LogP contribution in [0.2, 0.25) is 0 Å². The molecule has 0 fully saturated rings. The molecule has 0 aliphatic carbocycles. The van der Waals surface area contributed by atoms with Crippen molar-refractivity contribution in [3.8, 4) is 0 Å². The number of aliphatic carboxylic acids is 1. The Morgan fingerprint density at radius 2 is 1.33 bits per heavy atom. The zero-order valence-corrected chi connectivity index (χ0v) is 25.8. The molecule has 4 rings (SSSR count). The molecule has 4 aromatic rings. The lowest BCUT2D eigenvalue weighted by Crippen LogP contribution is -2.59. The van der Waals surface area contributed by atoms with Crippen LogP contribution in [0.3, 0.4) is 0 Å². The number of carbonyl (C=O) groups excluding carboxylic acids is 4. The van der Waals surface area contributed by atoms with Crippen molar-refractivity contribution in [1.82, 2.24) is 25.9 Å². The molecule has 0 saturated heterocycles. The van der Waals surface area contributed by atoms with Gasteiger partial charge in [0.1, 0.15) is 18.1 Å². The Labute approximate surface area is 265 Å². The molecule has 0 aliphatic rings. The summed E-state index contributed by atoms with van der Waals surface area (Å²) in [5, 5.41) is 19.4. The highest BCUT2D eigenvalue weighted by Gasteiger charge is 2.33. The van der Waals surface area contributed by atoms with Crippen molar-refractivity contribution in [1.29, 1.82) is 0 Å². The fourth-order valence-corrected chi connectivity index (χ4v) is 5.40. The van der Waals surface area contributed by atoms with Crippen LogP contribution in [0.25, 0.3) is 21.8 Å². The quantitative estimate of drug-likeness (QED) is 0.0911. The van der Waals surface area contributed by atoms with E-state index in [1.165, 1.54) is 0 Å². The van der Waals surface area contributed by atoms with E-state index in [9.17, 15) is 29.1 Å². The van der Waals surface area contributed by atoms with Crippen molar-refractivity contribution < 1.29 is 29.1 Å². The Bertz CT molecular complexity index is 1710. The molecule has 244 valence electrons. The van der Waals surface area contributed by atoms with Crippen LogP contribution in [0.1, 0.15) is 44.2 Å². The standard InChI is InChI=1S/C33H41N7O6/c1-3-18(2)29(32(44)38-26(33(45)46)12-13-28(35)41)40-31(43)27(15-20-17-37-25-11-7-5-9-22(20)25)39-30(42)23(34)14-19-16-36-24-10-6-4-8-21(19)24/h4-11,16-18,23,26-27,29,36-37H,3,12-15,34H2,1-2H3,(H2,35,41)(H,38,44)(H,39,42)(H,40,43)(H,45,46). The number of carboxylic acids is 1. The first-order valence-corrected chi connectivity index (χ1v) is 15.3. The highest BCUT2D eigenvalue weighted by molar-refractivity contribution is 5.95. The molecule has 2 aromatic carbocycles. The number of hydrogen-bond acceptors (Lipinski definition) is 6. The fourth-order valence-electron chi connectivity index (χ4n) is 5.40. The summed E-state index contributed by atoms with van der Waals surface area (Å²) in [6, 6.07) is 10.6. The number of carboxylic acid groups (broad SMARTS) is 1. The summed E-state index contributed by atoms with van der Waals surface area (Å²) in [7, 11) is 0. The van der Waals surface area contributed by atoms with Crippen molar-refractivity contribution in [3.05, 3.63) is 72.1 Å². The van der Waals surface area contributed by atoms with Crippen LogP contribution in [-0.4, -0.2) is 68.8 Å². The summed E-state index contributed by atoms with van der Waals surface area (Å²) < 4.78 is 0. The number of aromatic amines is 2. The van der Waals surface area contributed by atoms with Gasteiger partial charge in [-0.15, -0.1) is 0 Å². The van der Waals surface area contributed by atoms with Gasteiger partial charge < -0.3 is 42.5 Å². The summed E-state index contributed by atoms with van der Waals surface area (Å²) in [4.78, 5) is 70.0. The predicted molar refractivity (Wildman–Crippen MR) is 173 cm³/mol. The van der Waals surface area contributed by atoms with Crippen LogP contribution in [-0.2, 0) is 36.8 Å². The largest absolute Gasteiger partial charge is 0.480 e. The molecular weight excluding hydrogens is 590 g/mol. The molecule has 0 spiro atoms. The number of benzene rings is 2. The van der Waals surface area contributed by atoms with E-state index in [2.05, 4.69) is 25.9 Å². The van der Waals surface area contributed by atoms with Crippen LogP contribution in [0.15, 0.2) is 60.9 Å². The van der Waals surface area contributed by atoms with Gasteiger partial charge in [0.05, 0.1) is 6.04 Å². The second kappa shape index (κ2) is 15.2. The molecule has 0 aliphatic heterocycles. The van der Waals surface area contributed by atoms with Crippen LogP contribution in [0.4, 0.5) is 0 Å². The number of hydrogen-bond donors (Lipinski definition) is 8. The van der Waals surface area contributed by atoms with E-state index in [1.54, 1.807) is 19.3 Å². The summed E-state index contributed by atoms with van der Waals surface area (Å²) in [5.41, 5.74) is 14.9. The second-order valence-corrected chi connectivity index (χ2v) is 11.6. The molecule has 13 nitrogen and oxygen atoms in total. The van der Waals surface area contributed by atoms with Gasteiger partial charge in [-0.25, -0.2) is 4.79 Å². The van der Waals surface area contributed by atoms with Gasteiger partial charge in [-0.3, -0.25) is 19.2 Å². The number of rotatable bonds is 16. The van der Waals surface area contributed by atoms with Crippen LogP contribution in [0, 0.1) is 5.92 Å². The number of H-pyrrole nitrogens is 2. The molecular formula is C33H41N7O6. The molecule has 4 amide bonds. The molecule has 2 aromatic heterocycles. The Morgan fingerprint density at radius 1 is 0.783 bits per heavy atom. The van der Waals surface area contributed by atoms with Crippen molar-refractivity contribution in [2.75, 3.05) is 0 Å². The van der Waals surface area contributed by atoms with Gasteiger partial charge in [-0.05, 0) is 42.0 Å². The molecule has 0 bridgehead atoms. The number of aromatic nitrogens is 2. The van der Waals surface area contributed by atoms with E-state index in [0.29, 0.717) is 6.42 Å². The Balaban J connectivity index is 1.55. The van der Waals surface area contributed by atoms with E-state index in [-0.39, 0.29) is 25.7 Å². The lowest BCUT2D eigenvalue weighted by Gasteiger charge is -2.28. The van der Waals surface area contributed by atoms with Gasteiger partial charge in [-0.1, -0.05) is 56.7 Å². The summed E-state index contributed by atoms with van der Waals surface area (Å²) in [6.07, 6.45) is 3.91. The van der Waals surface area contributed by atoms with Crippen molar-refractivity contribution >= 4 is 51.4 Å². The van der Waals surface area contributed by atoms with Gasteiger partial charge in [-0.2, -0.15) is 0 Å². The second-order valence-electron chi connectivity index (χ2n) is 11.6. The Hall–Kier alpha value is -5.17. The Morgan fingerprint density at radius 3 is 1.87 bits per heavy atom. The number of para-hydroxylation sites is 2. The summed E-state index contributed by atoms with van der Waals surface area (Å²) in [6.45, 7) is 3.57. The average molecular weight is 632 g/mol.